The molecule has 0 fully saturated rings. The van der Waals surface area contributed by atoms with Crippen molar-refractivity contribution in [2.75, 3.05) is 13.7 Å². The first-order chi connectivity index (χ1) is 7.66. The number of hydrogen-bond donors (Lipinski definition) is 1. The Hall–Kier alpha value is -0.610. The maximum atomic E-state index is 5.28. The van der Waals surface area contributed by atoms with Crippen molar-refractivity contribution in [3.8, 4) is 0 Å². The van der Waals surface area contributed by atoms with E-state index in [0.717, 1.165) is 30.8 Å². The summed E-state index contributed by atoms with van der Waals surface area (Å²) < 4.78 is 8.09. The van der Waals surface area contributed by atoms with Gasteiger partial charge in [-0.2, -0.15) is 0 Å². The molecule has 0 saturated carbocycles. The van der Waals surface area contributed by atoms with Gasteiger partial charge >= 0.3 is 0 Å². The number of aromatic amines is 1. The van der Waals surface area contributed by atoms with Gasteiger partial charge in [-0.3, -0.25) is 0 Å². The van der Waals surface area contributed by atoms with Crippen molar-refractivity contribution in [2.24, 2.45) is 0 Å². The van der Waals surface area contributed by atoms with E-state index in [0.29, 0.717) is 5.92 Å². The third-order valence-corrected chi connectivity index (χ3v) is 3.06. The van der Waals surface area contributed by atoms with Gasteiger partial charge in [-0.1, -0.05) is 13.8 Å². The molecule has 0 bridgehead atoms. The fourth-order valence-electron chi connectivity index (χ4n) is 1.81. The number of H-pyrrole nitrogens is 1. The Kier molecular flexibility index (Phi) is 5.77. The standard InChI is InChI=1S/C12H22N2OS/c1-10(2)11-9-13-12(16)14(11)7-5-4-6-8-15-3/h9-10H,4-8H2,1-3H3,(H,13,16). The van der Waals surface area contributed by atoms with Gasteiger partial charge in [0, 0.05) is 32.2 Å². The molecule has 0 spiro atoms. The minimum atomic E-state index is 0.520. The second kappa shape index (κ2) is 6.86. The van der Waals surface area contributed by atoms with Crippen molar-refractivity contribution in [2.45, 2.75) is 45.6 Å². The van der Waals surface area contributed by atoms with Crippen LogP contribution in [0.4, 0.5) is 0 Å². The van der Waals surface area contributed by atoms with E-state index in [4.69, 9.17) is 17.0 Å². The van der Waals surface area contributed by atoms with Crippen molar-refractivity contribution in [3.05, 3.63) is 16.7 Å². The normalized spacial score (nSPS) is 11.2. The summed E-state index contributed by atoms with van der Waals surface area (Å²) in [7, 11) is 1.75. The second-order valence-corrected chi connectivity index (χ2v) is 4.77. The highest BCUT2D eigenvalue weighted by molar-refractivity contribution is 7.71. The Morgan fingerprint density at radius 1 is 1.38 bits per heavy atom. The molecule has 0 aliphatic carbocycles. The predicted octanol–water partition coefficient (Wildman–Crippen LogP) is 3.49. The van der Waals surface area contributed by atoms with Crippen molar-refractivity contribution in [1.29, 1.82) is 0 Å². The van der Waals surface area contributed by atoms with Gasteiger partial charge in [0.1, 0.15) is 0 Å². The summed E-state index contributed by atoms with van der Waals surface area (Å²) in [6.45, 7) is 6.26. The number of unbranched alkanes of at least 4 members (excludes halogenated alkanes) is 2. The van der Waals surface area contributed by atoms with Crippen LogP contribution in [0.15, 0.2) is 6.20 Å². The first-order valence-electron chi connectivity index (χ1n) is 5.94. The highest BCUT2D eigenvalue weighted by Gasteiger charge is 2.06. The fraction of sp³-hybridized carbons (Fsp3) is 0.750. The lowest BCUT2D eigenvalue weighted by Gasteiger charge is -2.10. The third-order valence-electron chi connectivity index (χ3n) is 2.72. The summed E-state index contributed by atoms with van der Waals surface area (Å²) in [6.07, 6.45) is 5.51. The van der Waals surface area contributed by atoms with E-state index >= 15 is 0 Å². The Labute approximate surface area is 103 Å². The molecule has 0 aliphatic heterocycles. The molecule has 92 valence electrons. The minimum Gasteiger partial charge on any atom is -0.385 e. The summed E-state index contributed by atoms with van der Waals surface area (Å²) in [5.41, 5.74) is 1.30. The Balaban J connectivity index is 2.46. The molecule has 0 saturated heterocycles. The highest BCUT2D eigenvalue weighted by atomic mass is 32.1. The summed E-state index contributed by atoms with van der Waals surface area (Å²) in [5, 5.41) is 0. The predicted molar refractivity (Wildman–Crippen MR) is 69.4 cm³/mol. The molecule has 0 aliphatic rings. The van der Waals surface area contributed by atoms with Crippen molar-refractivity contribution >= 4 is 12.2 Å². The van der Waals surface area contributed by atoms with Gasteiger partial charge in [-0.25, -0.2) is 0 Å². The lowest BCUT2D eigenvalue weighted by molar-refractivity contribution is 0.191. The van der Waals surface area contributed by atoms with Crippen molar-refractivity contribution in [1.82, 2.24) is 9.55 Å². The van der Waals surface area contributed by atoms with Crippen LogP contribution in [0, 0.1) is 4.77 Å². The van der Waals surface area contributed by atoms with Crippen LogP contribution in [0.5, 0.6) is 0 Å². The van der Waals surface area contributed by atoms with Gasteiger partial charge < -0.3 is 14.3 Å². The molecule has 1 rings (SSSR count). The quantitative estimate of drug-likeness (QED) is 0.586. The molecule has 4 heteroatoms. The van der Waals surface area contributed by atoms with Gasteiger partial charge in [-0.15, -0.1) is 0 Å². The molecular weight excluding hydrogens is 220 g/mol. The maximum absolute atomic E-state index is 5.28. The number of imidazole rings is 1. The first-order valence-corrected chi connectivity index (χ1v) is 6.34. The minimum absolute atomic E-state index is 0.520. The molecule has 1 N–H and O–H groups in total. The van der Waals surface area contributed by atoms with Crippen LogP contribution in [0.1, 0.15) is 44.7 Å². The van der Waals surface area contributed by atoms with Gasteiger partial charge in [0.15, 0.2) is 4.77 Å². The molecule has 0 aromatic carbocycles. The van der Waals surface area contributed by atoms with E-state index in [1.165, 1.54) is 12.1 Å². The first kappa shape index (κ1) is 13.5. The van der Waals surface area contributed by atoms with E-state index in [-0.39, 0.29) is 0 Å². The second-order valence-electron chi connectivity index (χ2n) is 4.38. The topological polar surface area (TPSA) is 29.9 Å². The Morgan fingerprint density at radius 3 is 2.75 bits per heavy atom. The SMILES string of the molecule is COCCCCCn1c(C(C)C)c[nH]c1=S. The maximum Gasteiger partial charge on any atom is 0.177 e. The van der Waals surface area contributed by atoms with Crippen LogP contribution in [-0.4, -0.2) is 23.3 Å². The number of methoxy groups -OCH3 is 1. The number of aromatic nitrogens is 2. The van der Waals surface area contributed by atoms with Crippen LogP contribution >= 0.6 is 12.2 Å². The smallest absolute Gasteiger partial charge is 0.177 e. The van der Waals surface area contributed by atoms with Gasteiger partial charge in [-0.05, 0) is 37.4 Å². The van der Waals surface area contributed by atoms with Crippen molar-refractivity contribution in [3.63, 3.8) is 0 Å². The lowest BCUT2D eigenvalue weighted by Crippen LogP contribution is -2.05. The molecule has 0 atom stereocenters. The summed E-state index contributed by atoms with van der Waals surface area (Å²) in [5.74, 6) is 0.520. The molecule has 0 radical (unpaired) electrons. The van der Waals surface area contributed by atoms with E-state index in [1.807, 2.05) is 6.20 Å². The van der Waals surface area contributed by atoms with E-state index < -0.39 is 0 Å². The number of rotatable bonds is 7. The van der Waals surface area contributed by atoms with E-state index in [9.17, 15) is 0 Å². The summed E-state index contributed by atoms with van der Waals surface area (Å²) in [6, 6.07) is 0. The zero-order valence-electron chi connectivity index (χ0n) is 10.5. The number of hydrogen-bond acceptors (Lipinski definition) is 2. The molecule has 1 aromatic heterocycles. The van der Waals surface area contributed by atoms with Gasteiger partial charge in [0.25, 0.3) is 0 Å². The zero-order valence-corrected chi connectivity index (χ0v) is 11.3. The van der Waals surface area contributed by atoms with E-state index in [2.05, 4.69) is 23.4 Å². The van der Waals surface area contributed by atoms with Gasteiger partial charge in [0.2, 0.25) is 0 Å². The molecule has 0 unspecified atom stereocenters. The number of nitrogens with zero attached hydrogens (tertiary/aromatic N) is 1. The Morgan fingerprint density at radius 2 is 2.12 bits per heavy atom. The molecule has 1 heterocycles. The lowest BCUT2D eigenvalue weighted by atomic mass is 10.1. The summed E-state index contributed by atoms with van der Waals surface area (Å²) >= 11 is 5.28. The van der Waals surface area contributed by atoms with Crippen molar-refractivity contribution < 1.29 is 4.74 Å². The number of ether oxygens (including phenoxy) is 1. The van der Waals surface area contributed by atoms with Crippen LogP contribution in [0.2, 0.25) is 0 Å². The zero-order chi connectivity index (χ0) is 12.0. The highest BCUT2D eigenvalue weighted by Crippen LogP contribution is 2.15. The molecule has 16 heavy (non-hydrogen) atoms. The fourth-order valence-corrected chi connectivity index (χ4v) is 2.07. The van der Waals surface area contributed by atoms with Crippen LogP contribution in [-0.2, 0) is 11.3 Å². The van der Waals surface area contributed by atoms with E-state index in [1.54, 1.807) is 7.11 Å². The third kappa shape index (κ3) is 3.76. The molecular formula is C12H22N2OS. The van der Waals surface area contributed by atoms with Crippen LogP contribution < -0.4 is 0 Å². The molecule has 3 nitrogen and oxygen atoms in total. The average molecular weight is 242 g/mol. The Bertz CT molecular complexity index is 354. The summed E-state index contributed by atoms with van der Waals surface area (Å²) in [4.78, 5) is 3.12. The van der Waals surface area contributed by atoms with Crippen LogP contribution in [0.25, 0.3) is 0 Å². The average Bonchev–Trinajstić information content (AvgIpc) is 2.60. The number of nitrogens with one attached hydrogen (secondary N) is 1. The largest absolute Gasteiger partial charge is 0.385 e. The monoisotopic (exact) mass is 242 g/mol. The van der Waals surface area contributed by atoms with Crippen LogP contribution in [0.3, 0.4) is 0 Å². The molecule has 0 amide bonds. The molecule has 1 aromatic rings. The van der Waals surface area contributed by atoms with Gasteiger partial charge in [0.05, 0.1) is 0 Å².